The third-order valence-electron chi connectivity index (χ3n) is 3.19. The van der Waals surface area contributed by atoms with Crippen LogP contribution in [0.3, 0.4) is 0 Å². The van der Waals surface area contributed by atoms with Crippen molar-refractivity contribution < 1.29 is 9.90 Å². The Labute approximate surface area is 112 Å². The van der Waals surface area contributed by atoms with Gasteiger partial charge in [-0.3, -0.25) is 4.79 Å². The zero-order chi connectivity index (χ0) is 14.0. The van der Waals surface area contributed by atoms with Crippen molar-refractivity contribution in [3.63, 3.8) is 0 Å². The number of carbonyl (C=O) groups is 1. The zero-order valence-electron chi connectivity index (χ0n) is 11.5. The second-order valence-electron chi connectivity index (χ2n) is 4.87. The number of imidazole rings is 1. The lowest BCUT2D eigenvalue weighted by Crippen LogP contribution is -2.02. The fourth-order valence-electron chi connectivity index (χ4n) is 2.19. The number of benzene rings is 1. The average molecular weight is 258 g/mol. The van der Waals surface area contributed by atoms with Gasteiger partial charge in [0.25, 0.3) is 0 Å². The summed E-state index contributed by atoms with van der Waals surface area (Å²) in [6, 6.07) is 6.25. The summed E-state index contributed by atoms with van der Waals surface area (Å²) in [5, 5.41) is 8.73. The molecule has 0 amide bonds. The summed E-state index contributed by atoms with van der Waals surface area (Å²) in [6.45, 7) is 4.13. The summed E-state index contributed by atoms with van der Waals surface area (Å²) in [5.74, 6) is 0.00782. The molecule has 1 N–H and O–H groups in total. The molecule has 2 aromatic rings. The molecule has 0 saturated heterocycles. The van der Waals surface area contributed by atoms with Gasteiger partial charge < -0.3 is 9.67 Å². The van der Waals surface area contributed by atoms with Gasteiger partial charge in [0.15, 0.2) is 0 Å². The van der Waals surface area contributed by atoms with Gasteiger partial charge in [0.05, 0.1) is 12.1 Å². The molecule has 0 atom stereocenters. The van der Waals surface area contributed by atoms with E-state index in [1.54, 1.807) is 0 Å². The van der Waals surface area contributed by atoms with Crippen LogP contribution in [0.15, 0.2) is 24.4 Å². The minimum absolute atomic E-state index is 0.108. The quantitative estimate of drug-likeness (QED) is 0.917. The molecule has 0 aliphatic rings. The first kappa shape index (κ1) is 13.3. The summed E-state index contributed by atoms with van der Waals surface area (Å²) in [5.41, 5.74) is 4.41. The normalized spacial score (nSPS) is 10.7. The Kier molecular flexibility index (Phi) is 3.69. The molecule has 2 rings (SSSR count). The standard InChI is InChI=1S/C15H18N2O2/c1-10-4-5-12(11(2)8-10)13-9-17(3)14(16-13)6-7-15(18)19/h4-5,8-9H,6-7H2,1-3H3,(H,18,19). The molecule has 19 heavy (non-hydrogen) atoms. The predicted octanol–water partition coefficient (Wildman–Crippen LogP) is 2.72. The second kappa shape index (κ2) is 5.26. The Balaban J connectivity index is 2.31. The molecular formula is C15H18N2O2. The van der Waals surface area contributed by atoms with Crippen LogP contribution in [0, 0.1) is 13.8 Å². The fourth-order valence-corrected chi connectivity index (χ4v) is 2.19. The van der Waals surface area contributed by atoms with Crippen molar-refractivity contribution in [1.82, 2.24) is 9.55 Å². The molecule has 4 heteroatoms. The van der Waals surface area contributed by atoms with Gasteiger partial charge in [-0.15, -0.1) is 0 Å². The highest BCUT2D eigenvalue weighted by Gasteiger charge is 2.10. The SMILES string of the molecule is Cc1ccc(-c2cn(C)c(CCC(=O)O)n2)c(C)c1. The van der Waals surface area contributed by atoms with E-state index in [1.807, 2.05) is 17.8 Å². The van der Waals surface area contributed by atoms with Crippen LogP contribution in [0.2, 0.25) is 0 Å². The lowest BCUT2D eigenvalue weighted by atomic mass is 10.0. The maximum Gasteiger partial charge on any atom is 0.303 e. The number of hydrogen-bond donors (Lipinski definition) is 1. The van der Waals surface area contributed by atoms with Crippen LogP contribution in [0.25, 0.3) is 11.3 Å². The number of aromatic nitrogens is 2. The van der Waals surface area contributed by atoms with Gasteiger partial charge in [0.2, 0.25) is 0 Å². The predicted molar refractivity (Wildman–Crippen MR) is 74.1 cm³/mol. The third-order valence-corrected chi connectivity index (χ3v) is 3.19. The minimum Gasteiger partial charge on any atom is -0.481 e. The van der Waals surface area contributed by atoms with E-state index in [4.69, 9.17) is 5.11 Å². The van der Waals surface area contributed by atoms with E-state index in [-0.39, 0.29) is 6.42 Å². The van der Waals surface area contributed by atoms with E-state index < -0.39 is 5.97 Å². The Hall–Kier alpha value is -2.10. The molecule has 1 aromatic carbocycles. The van der Waals surface area contributed by atoms with Crippen molar-refractivity contribution in [3.05, 3.63) is 41.3 Å². The molecule has 0 unspecified atom stereocenters. The highest BCUT2D eigenvalue weighted by atomic mass is 16.4. The molecule has 0 radical (unpaired) electrons. The molecule has 0 fully saturated rings. The van der Waals surface area contributed by atoms with E-state index in [0.29, 0.717) is 6.42 Å². The van der Waals surface area contributed by atoms with Crippen molar-refractivity contribution in [2.45, 2.75) is 26.7 Å². The van der Waals surface area contributed by atoms with Crippen molar-refractivity contribution in [1.29, 1.82) is 0 Å². The van der Waals surface area contributed by atoms with Crippen molar-refractivity contribution >= 4 is 5.97 Å². The minimum atomic E-state index is -0.795. The number of aryl methyl sites for hydroxylation is 4. The molecule has 100 valence electrons. The summed E-state index contributed by atoms with van der Waals surface area (Å²) < 4.78 is 1.90. The number of hydrogen-bond acceptors (Lipinski definition) is 2. The van der Waals surface area contributed by atoms with Crippen LogP contribution in [0.1, 0.15) is 23.4 Å². The molecule has 0 saturated carbocycles. The number of rotatable bonds is 4. The van der Waals surface area contributed by atoms with Gasteiger partial charge in [-0.05, 0) is 19.4 Å². The molecule has 0 spiro atoms. The Morgan fingerprint density at radius 3 is 2.74 bits per heavy atom. The van der Waals surface area contributed by atoms with Gasteiger partial charge in [-0.1, -0.05) is 23.8 Å². The van der Waals surface area contributed by atoms with Crippen molar-refractivity contribution in [2.24, 2.45) is 7.05 Å². The lowest BCUT2D eigenvalue weighted by Gasteiger charge is -2.03. The Morgan fingerprint density at radius 1 is 1.37 bits per heavy atom. The van der Waals surface area contributed by atoms with E-state index >= 15 is 0 Å². The third kappa shape index (κ3) is 3.02. The van der Waals surface area contributed by atoms with Gasteiger partial charge in [-0.25, -0.2) is 4.98 Å². The molecule has 1 aromatic heterocycles. The van der Waals surface area contributed by atoms with Crippen LogP contribution in [0.5, 0.6) is 0 Å². The highest BCUT2D eigenvalue weighted by molar-refractivity contribution is 5.67. The zero-order valence-corrected chi connectivity index (χ0v) is 11.5. The first-order chi connectivity index (χ1) is 8.97. The number of nitrogens with zero attached hydrogens (tertiary/aromatic N) is 2. The van der Waals surface area contributed by atoms with E-state index in [9.17, 15) is 4.79 Å². The average Bonchev–Trinajstić information content (AvgIpc) is 2.67. The van der Waals surface area contributed by atoms with Crippen LogP contribution in [-0.2, 0) is 18.3 Å². The van der Waals surface area contributed by atoms with E-state index in [1.165, 1.54) is 11.1 Å². The molecule has 0 aliphatic carbocycles. The molecular weight excluding hydrogens is 240 g/mol. The molecule has 1 heterocycles. The first-order valence-corrected chi connectivity index (χ1v) is 6.29. The maximum atomic E-state index is 10.6. The summed E-state index contributed by atoms with van der Waals surface area (Å²) >= 11 is 0. The van der Waals surface area contributed by atoms with Crippen LogP contribution < -0.4 is 0 Å². The number of aliphatic carboxylic acids is 1. The first-order valence-electron chi connectivity index (χ1n) is 6.29. The fraction of sp³-hybridized carbons (Fsp3) is 0.333. The summed E-state index contributed by atoms with van der Waals surface area (Å²) in [4.78, 5) is 15.2. The van der Waals surface area contributed by atoms with Gasteiger partial charge in [0.1, 0.15) is 5.82 Å². The number of carboxylic acids is 1. The Morgan fingerprint density at radius 2 is 2.11 bits per heavy atom. The summed E-state index contributed by atoms with van der Waals surface area (Å²) in [6.07, 6.45) is 2.52. The smallest absolute Gasteiger partial charge is 0.303 e. The Bertz CT molecular complexity index is 615. The number of carboxylic acid groups (broad SMARTS) is 1. The van der Waals surface area contributed by atoms with Gasteiger partial charge in [0, 0.05) is 25.2 Å². The van der Waals surface area contributed by atoms with Gasteiger partial charge in [-0.2, -0.15) is 0 Å². The topological polar surface area (TPSA) is 55.1 Å². The molecule has 0 aliphatic heterocycles. The monoisotopic (exact) mass is 258 g/mol. The molecule has 4 nitrogen and oxygen atoms in total. The maximum absolute atomic E-state index is 10.6. The van der Waals surface area contributed by atoms with Crippen LogP contribution in [0.4, 0.5) is 0 Å². The van der Waals surface area contributed by atoms with Crippen LogP contribution >= 0.6 is 0 Å². The van der Waals surface area contributed by atoms with Crippen molar-refractivity contribution in [2.75, 3.05) is 0 Å². The van der Waals surface area contributed by atoms with Gasteiger partial charge >= 0.3 is 5.97 Å². The van der Waals surface area contributed by atoms with E-state index in [0.717, 1.165) is 17.1 Å². The van der Waals surface area contributed by atoms with Crippen LogP contribution in [-0.4, -0.2) is 20.6 Å². The highest BCUT2D eigenvalue weighted by Crippen LogP contribution is 2.23. The summed E-state index contributed by atoms with van der Waals surface area (Å²) in [7, 11) is 1.90. The van der Waals surface area contributed by atoms with E-state index in [2.05, 4.69) is 37.0 Å². The largest absolute Gasteiger partial charge is 0.481 e. The lowest BCUT2D eigenvalue weighted by molar-refractivity contribution is -0.137. The second-order valence-corrected chi connectivity index (χ2v) is 4.87. The molecule has 0 bridgehead atoms. The van der Waals surface area contributed by atoms with Crippen molar-refractivity contribution in [3.8, 4) is 11.3 Å².